The maximum absolute atomic E-state index is 5.58. The van der Waals surface area contributed by atoms with E-state index >= 15 is 0 Å². The van der Waals surface area contributed by atoms with E-state index < -0.39 is 0 Å². The van der Waals surface area contributed by atoms with Crippen molar-refractivity contribution in [2.45, 2.75) is 0 Å². The van der Waals surface area contributed by atoms with Crippen molar-refractivity contribution >= 4 is 51.1 Å². The van der Waals surface area contributed by atoms with Gasteiger partial charge in [-0.05, 0) is 0 Å². The van der Waals surface area contributed by atoms with Crippen molar-refractivity contribution in [2.75, 3.05) is 14.2 Å². The van der Waals surface area contributed by atoms with Crippen LogP contribution in [0.5, 0.6) is 11.5 Å². The smallest absolute Gasteiger partial charge is 0.134 e. The third-order valence-electron chi connectivity index (χ3n) is 3.24. The third kappa shape index (κ3) is 2.20. The second kappa shape index (κ2) is 5.83. The fraction of sp³-hybridized carbons (Fsp3) is 0.125. The van der Waals surface area contributed by atoms with E-state index in [1.54, 1.807) is 14.2 Å². The van der Waals surface area contributed by atoms with Gasteiger partial charge in [-0.15, -0.1) is 0 Å². The van der Waals surface area contributed by atoms with Gasteiger partial charge in [-0.3, -0.25) is 0 Å². The van der Waals surface area contributed by atoms with Gasteiger partial charge in [0.15, 0.2) is 0 Å². The van der Waals surface area contributed by atoms with E-state index in [4.69, 9.17) is 9.47 Å². The fourth-order valence-corrected chi connectivity index (χ4v) is 2.49. The van der Waals surface area contributed by atoms with Crippen LogP contribution in [0.4, 0.5) is 0 Å². The summed E-state index contributed by atoms with van der Waals surface area (Å²) in [4.78, 5) is 0. The van der Waals surface area contributed by atoms with Crippen molar-refractivity contribution in [1.82, 2.24) is 0 Å². The maximum Gasteiger partial charge on any atom is 0.134 e. The molecule has 1 radical (unpaired) electrons. The van der Waals surface area contributed by atoms with Gasteiger partial charge in [0, 0.05) is 51.1 Å². The van der Waals surface area contributed by atoms with Crippen LogP contribution < -0.4 is 9.47 Å². The molecule has 3 aromatic carbocycles. The molecule has 19 heavy (non-hydrogen) atoms. The van der Waals surface area contributed by atoms with Gasteiger partial charge in [0.25, 0.3) is 0 Å². The van der Waals surface area contributed by atoms with Crippen LogP contribution in [0.1, 0.15) is 0 Å². The van der Waals surface area contributed by atoms with Crippen molar-refractivity contribution in [3.05, 3.63) is 48.5 Å². The van der Waals surface area contributed by atoms with E-state index in [1.807, 2.05) is 24.3 Å². The normalized spacial score (nSPS) is 10.2. The molecule has 0 spiro atoms. The molecule has 3 heteroatoms. The Kier molecular flexibility index (Phi) is 4.35. The molecule has 0 bridgehead atoms. The van der Waals surface area contributed by atoms with Gasteiger partial charge in [0.1, 0.15) is 11.5 Å². The summed E-state index contributed by atoms with van der Waals surface area (Å²) < 4.78 is 11.2. The van der Waals surface area contributed by atoms with Crippen LogP contribution in [0, 0.1) is 0 Å². The van der Waals surface area contributed by atoms with Gasteiger partial charge < -0.3 is 9.47 Å². The van der Waals surface area contributed by atoms with E-state index in [-0.39, 0.29) is 29.6 Å². The predicted molar refractivity (Wildman–Crippen MR) is 80.3 cm³/mol. The second-order valence-corrected chi connectivity index (χ2v) is 4.16. The molecule has 0 aliphatic heterocycles. The van der Waals surface area contributed by atoms with Gasteiger partial charge in [-0.2, -0.15) is 0 Å². The average molecular weight is 261 g/mol. The van der Waals surface area contributed by atoms with Crippen LogP contribution in [0.25, 0.3) is 21.5 Å². The van der Waals surface area contributed by atoms with Crippen molar-refractivity contribution < 1.29 is 9.47 Å². The Morgan fingerprint density at radius 1 is 0.579 bits per heavy atom. The van der Waals surface area contributed by atoms with Gasteiger partial charge in [0.05, 0.1) is 14.2 Å². The summed E-state index contributed by atoms with van der Waals surface area (Å²) in [6.07, 6.45) is 0. The van der Waals surface area contributed by atoms with Crippen LogP contribution in [-0.2, 0) is 0 Å². The first-order chi connectivity index (χ1) is 8.86. The van der Waals surface area contributed by atoms with Gasteiger partial charge in [0.2, 0.25) is 0 Å². The second-order valence-electron chi connectivity index (χ2n) is 4.16. The van der Waals surface area contributed by atoms with Gasteiger partial charge in [-0.1, -0.05) is 48.5 Å². The van der Waals surface area contributed by atoms with E-state index in [0.717, 1.165) is 33.0 Å². The molecular weight excluding hydrogens is 247 g/mol. The molecule has 0 unspecified atom stereocenters. The number of ether oxygens (including phenoxy) is 2. The summed E-state index contributed by atoms with van der Waals surface area (Å²) in [5.41, 5.74) is 0. The standard InChI is InChI=1S/C16H14O2.Na/c1-17-15-11-7-3-5-9-13(11)16(18-2)14-10-6-4-8-12(14)15;/h3-10H,1-2H3;. The molecule has 2 nitrogen and oxygen atoms in total. The predicted octanol–water partition coefficient (Wildman–Crippen LogP) is 3.63. The Morgan fingerprint density at radius 3 is 1.05 bits per heavy atom. The molecule has 91 valence electrons. The monoisotopic (exact) mass is 261 g/mol. The molecular formula is C16H14NaO2. The molecule has 0 N–H and O–H groups in total. The summed E-state index contributed by atoms with van der Waals surface area (Å²) in [5, 5.41) is 4.32. The Balaban J connectivity index is 0.00000133. The Bertz CT molecular complexity index is 603. The van der Waals surface area contributed by atoms with Crippen molar-refractivity contribution in [1.29, 1.82) is 0 Å². The molecule has 3 aromatic rings. The molecule has 0 heterocycles. The zero-order chi connectivity index (χ0) is 12.5. The first-order valence-corrected chi connectivity index (χ1v) is 5.88. The third-order valence-corrected chi connectivity index (χ3v) is 3.24. The summed E-state index contributed by atoms with van der Waals surface area (Å²) in [5.74, 6) is 1.81. The SMILES string of the molecule is COc1c2ccccc2c(OC)c2ccccc12.[Na]. The number of hydrogen-bond donors (Lipinski definition) is 0. The van der Waals surface area contributed by atoms with E-state index in [9.17, 15) is 0 Å². The summed E-state index contributed by atoms with van der Waals surface area (Å²) in [6.45, 7) is 0. The number of benzene rings is 3. The largest absolute Gasteiger partial charge is 0.495 e. The molecule has 0 aliphatic carbocycles. The number of fused-ring (bicyclic) bond motifs is 2. The Labute approximate surface area is 134 Å². The molecule has 0 saturated carbocycles. The topological polar surface area (TPSA) is 18.5 Å². The first kappa shape index (κ1) is 14.2. The van der Waals surface area contributed by atoms with Crippen LogP contribution in [0.15, 0.2) is 48.5 Å². The summed E-state index contributed by atoms with van der Waals surface area (Å²) in [6, 6.07) is 16.3. The number of rotatable bonds is 2. The van der Waals surface area contributed by atoms with Crippen LogP contribution in [-0.4, -0.2) is 43.8 Å². The van der Waals surface area contributed by atoms with Gasteiger partial charge in [-0.25, -0.2) is 0 Å². The molecule has 0 aliphatic rings. The molecule has 3 rings (SSSR count). The molecule has 0 amide bonds. The molecule has 0 saturated heterocycles. The quantitative estimate of drug-likeness (QED) is 0.518. The van der Waals surface area contributed by atoms with Crippen LogP contribution in [0.2, 0.25) is 0 Å². The number of methoxy groups -OCH3 is 2. The zero-order valence-electron chi connectivity index (χ0n) is 11.4. The summed E-state index contributed by atoms with van der Waals surface area (Å²) >= 11 is 0. The van der Waals surface area contributed by atoms with Crippen LogP contribution >= 0.6 is 0 Å². The maximum atomic E-state index is 5.58. The molecule has 0 aromatic heterocycles. The molecule has 0 atom stereocenters. The number of hydrogen-bond acceptors (Lipinski definition) is 2. The van der Waals surface area contributed by atoms with Crippen molar-refractivity contribution in [3.8, 4) is 11.5 Å². The van der Waals surface area contributed by atoms with E-state index in [0.29, 0.717) is 0 Å². The molecule has 0 fully saturated rings. The van der Waals surface area contributed by atoms with Crippen molar-refractivity contribution in [3.63, 3.8) is 0 Å². The first-order valence-electron chi connectivity index (χ1n) is 5.88. The Morgan fingerprint density at radius 2 is 0.842 bits per heavy atom. The van der Waals surface area contributed by atoms with Crippen molar-refractivity contribution in [2.24, 2.45) is 0 Å². The minimum Gasteiger partial charge on any atom is -0.495 e. The van der Waals surface area contributed by atoms with Gasteiger partial charge >= 0.3 is 0 Å². The minimum atomic E-state index is 0. The minimum absolute atomic E-state index is 0. The summed E-state index contributed by atoms with van der Waals surface area (Å²) in [7, 11) is 3.42. The average Bonchev–Trinajstić information content (AvgIpc) is 2.44. The van der Waals surface area contributed by atoms with E-state index in [2.05, 4.69) is 24.3 Å². The van der Waals surface area contributed by atoms with E-state index in [1.165, 1.54) is 0 Å². The Hall–Kier alpha value is -1.22. The fourth-order valence-electron chi connectivity index (χ4n) is 2.49. The van der Waals surface area contributed by atoms with Crippen LogP contribution in [0.3, 0.4) is 0 Å². The zero-order valence-corrected chi connectivity index (χ0v) is 13.4.